The smallest absolute Gasteiger partial charge is 0.267 e. The van der Waals surface area contributed by atoms with Gasteiger partial charge in [0.25, 0.3) is 5.91 Å². The predicted octanol–water partition coefficient (Wildman–Crippen LogP) is 4.28. The molecule has 0 fully saturated rings. The van der Waals surface area contributed by atoms with Gasteiger partial charge >= 0.3 is 0 Å². The number of nitrogens with one attached hydrogen (secondary N) is 1. The van der Waals surface area contributed by atoms with Crippen LogP contribution < -0.4 is 5.43 Å². The van der Waals surface area contributed by atoms with Gasteiger partial charge in [-0.3, -0.25) is 4.79 Å². The van der Waals surface area contributed by atoms with E-state index in [9.17, 15) is 9.18 Å². The Morgan fingerprint density at radius 2 is 1.70 bits per heavy atom. The minimum absolute atomic E-state index is 0.0924. The maximum atomic E-state index is 13.1. The molecule has 4 heteroatoms. The van der Waals surface area contributed by atoms with Gasteiger partial charge in [0.05, 0.1) is 5.71 Å². The number of amides is 1. The van der Waals surface area contributed by atoms with Gasteiger partial charge in [-0.2, -0.15) is 5.10 Å². The minimum Gasteiger partial charge on any atom is -0.267 e. The second-order valence-corrected chi connectivity index (χ2v) is 6.48. The highest BCUT2D eigenvalue weighted by molar-refractivity contribution is 6.00. The van der Waals surface area contributed by atoms with E-state index in [1.54, 1.807) is 6.07 Å². The van der Waals surface area contributed by atoms with Crippen LogP contribution in [0.5, 0.6) is 0 Å². The van der Waals surface area contributed by atoms with Gasteiger partial charge in [0.2, 0.25) is 0 Å². The summed E-state index contributed by atoms with van der Waals surface area (Å²) >= 11 is 0. The van der Waals surface area contributed by atoms with Crippen LogP contribution in [0, 0.1) is 5.82 Å². The Labute approximate surface area is 136 Å². The molecular formula is C19H21FN2O. The van der Waals surface area contributed by atoms with Gasteiger partial charge in [-0.15, -0.1) is 0 Å². The lowest BCUT2D eigenvalue weighted by Crippen LogP contribution is -2.19. The highest BCUT2D eigenvalue weighted by atomic mass is 19.1. The zero-order valence-corrected chi connectivity index (χ0v) is 13.9. The zero-order chi connectivity index (χ0) is 17.0. The van der Waals surface area contributed by atoms with Crippen LogP contribution in [0.2, 0.25) is 0 Å². The predicted molar refractivity (Wildman–Crippen MR) is 91.2 cm³/mol. The first-order valence-corrected chi connectivity index (χ1v) is 7.48. The van der Waals surface area contributed by atoms with Crippen molar-refractivity contribution >= 4 is 11.6 Å². The van der Waals surface area contributed by atoms with E-state index in [1.165, 1.54) is 23.8 Å². The third-order valence-corrected chi connectivity index (χ3v) is 3.58. The van der Waals surface area contributed by atoms with Gasteiger partial charge in [-0.05, 0) is 41.7 Å². The summed E-state index contributed by atoms with van der Waals surface area (Å²) in [5, 5.41) is 4.09. The van der Waals surface area contributed by atoms with Crippen molar-refractivity contribution in [1.29, 1.82) is 0 Å². The van der Waals surface area contributed by atoms with E-state index in [0.29, 0.717) is 5.71 Å². The van der Waals surface area contributed by atoms with Crippen LogP contribution in [-0.2, 0) is 5.41 Å². The van der Waals surface area contributed by atoms with Crippen LogP contribution in [0.15, 0.2) is 53.6 Å². The molecule has 0 saturated carbocycles. The van der Waals surface area contributed by atoms with E-state index in [-0.39, 0.29) is 11.0 Å². The topological polar surface area (TPSA) is 41.5 Å². The number of carbonyl (C=O) groups is 1. The number of carbonyl (C=O) groups excluding carboxylic acids is 1. The minimum atomic E-state index is -0.448. The molecule has 2 aromatic carbocycles. The van der Waals surface area contributed by atoms with Crippen molar-refractivity contribution in [2.24, 2.45) is 5.10 Å². The molecule has 2 rings (SSSR count). The fourth-order valence-corrected chi connectivity index (χ4v) is 2.10. The van der Waals surface area contributed by atoms with Crippen LogP contribution in [0.1, 0.15) is 49.2 Å². The summed E-state index contributed by atoms with van der Waals surface area (Å²) in [4.78, 5) is 11.9. The van der Waals surface area contributed by atoms with Crippen LogP contribution in [0.3, 0.4) is 0 Å². The SMILES string of the molecule is C/C(=N\NC(=O)c1cccc(F)c1)c1ccc(C(C)(C)C)cc1. The van der Waals surface area contributed by atoms with Crippen LogP contribution in [0.4, 0.5) is 4.39 Å². The summed E-state index contributed by atoms with van der Waals surface area (Å²) in [5.74, 6) is -0.883. The molecule has 0 aliphatic rings. The number of rotatable bonds is 3. The molecule has 0 aromatic heterocycles. The molecule has 0 radical (unpaired) electrons. The quantitative estimate of drug-likeness (QED) is 0.667. The average Bonchev–Trinajstić information content (AvgIpc) is 2.51. The Bertz CT molecular complexity index is 728. The monoisotopic (exact) mass is 312 g/mol. The second-order valence-electron chi connectivity index (χ2n) is 6.48. The molecule has 3 nitrogen and oxygen atoms in total. The molecule has 2 aromatic rings. The molecule has 1 N–H and O–H groups in total. The normalized spacial score (nSPS) is 12.1. The van der Waals surface area contributed by atoms with Crippen LogP contribution in [0.25, 0.3) is 0 Å². The van der Waals surface area contributed by atoms with Gasteiger partial charge in [-0.25, -0.2) is 9.82 Å². The van der Waals surface area contributed by atoms with Crippen molar-refractivity contribution in [2.75, 3.05) is 0 Å². The lowest BCUT2D eigenvalue weighted by atomic mass is 9.86. The Morgan fingerprint density at radius 3 is 2.26 bits per heavy atom. The third kappa shape index (κ3) is 4.49. The molecular weight excluding hydrogens is 291 g/mol. The van der Waals surface area contributed by atoms with E-state index in [1.807, 2.05) is 19.1 Å². The highest BCUT2D eigenvalue weighted by Crippen LogP contribution is 2.22. The molecule has 0 heterocycles. The Morgan fingerprint density at radius 1 is 1.04 bits per heavy atom. The first-order valence-electron chi connectivity index (χ1n) is 7.48. The van der Waals surface area contributed by atoms with E-state index in [0.717, 1.165) is 5.56 Å². The van der Waals surface area contributed by atoms with E-state index < -0.39 is 11.7 Å². The molecule has 0 aliphatic heterocycles. The number of halogens is 1. The van der Waals surface area contributed by atoms with Crippen LogP contribution >= 0.6 is 0 Å². The zero-order valence-electron chi connectivity index (χ0n) is 13.9. The molecule has 0 spiro atoms. The third-order valence-electron chi connectivity index (χ3n) is 3.58. The fraction of sp³-hybridized carbons (Fsp3) is 0.263. The molecule has 0 bridgehead atoms. The standard InChI is InChI=1S/C19H21FN2O/c1-13(14-8-10-16(11-9-14)19(2,3)4)21-22-18(23)15-6-5-7-17(20)12-15/h5-12H,1-4H3,(H,22,23)/b21-13+. The number of hydrogen-bond donors (Lipinski definition) is 1. The van der Waals surface area contributed by atoms with Crippen molar-refractivity contribution in [3.63, 3.8) is 0 Å². The summed E-state index contributed by atoms with van der Waals surface area (Å²) < 4.78 is 13.1. The first kappa shape index (κ1) is 16.9. The Hall–Kier alpha value is -2.49. The summed E-state index contributed by atoms with van der Waals surface area (Å²) in [7, 11) is 0. The van der Waals surface area contributed by atoms with E-state index in [4.69, 9.17) is 0 Å². The lowest BCUT2D eigenvalue weighted by Gasteiger charge is -2.19. The maximum Gasteiger partial charge on any atom is 0.271 e. The number of nitrogens with zero attached hydrogens (tertiary/aromatic N) is 1. The average molecular weight is 312 g/mol. The lowest BCUT2D eigenvalue weighted by molar-refractivity contribution is 0.0954. The number of benzene rings is 2. The van der Waals surface area contributed by atoms with Gasteiger partial charge in [-0.1, -0.05) is 51.1 Å². The van der Waals surface area contributed by atoms with Gasteiger partial charge in [0, 0.05) is 5.56 Å². The van der Waals surface area contributed by atoms with Crippen molar-refractivity contribution in [1.82, 2.24) is 5.43 Å². The van der Waals surface area contributed by atoms with Gasteiger partial charge in [0.15, 0.2) is 0 Å². The Balaban J connectivity index is 2.09. The summed E-state index contributed by atoms with van der Waals surface area (Å²) in [6, 6.07) is 13.6. The first-order chi connectivity index (χ1) is 10.8. The molecule has 0 unspecified atom stereocenters. The molecule has 0 saturated heterocycles. The number of hydrazone groups is 1. The van der Waals surface area contributed by atoms with Crippen LogP contribution in [-0.4, -0.2) is 11.6 Å². The van der Waals surface area contributed by atoms with Crippen molar-refractivity contribution in [3.05, 3.63) is 71.0 Å². The summed E-state index contributed by atoms with van der Waals surface area (Å²) in [6.07, 6.45) is 0. The summed E-state index contributed by atoms with van der Waals surface area (Å²) in [6.45, 7) is 8.28. The molecule has 23 heavy (non-hydrogen) atoms. The van der Waals surface area contributed by atoms with Gasteiger partial charge < -0.3 is 0 Å². The van der Waals surface area contributed by atoms with Gasteiger partial charge in [0.1, 0.15) is 5.82 Å². The molecule has 1 amide bonds. The maximum absolute atomic E-state index is 13.1. The second kappa shape index (κ2) is 6.73. The Kier molecular flexibility index (Phi) is 4.94. The van der Waals surface area contributed by atoms with E-state index >= 15 is 0 Å². The molecule has 0 atom stereocenters. The van der Waals surface area contributed by atoms with Crippen molar-refractivity contribution in [2.45, 2.75) is 33.1 Å². The highest BCUT2D eigenvalue weighted by Gasteiger charge is 2.13. The molecule has 0 aliphatic carbocycles. The summed E-state index contributed by atoms with van der Waals surface area (Å²) in [5.41, 5.74) is 5.64. The van der Waals surface area contributed by atoms with Crippen molar-refractivity contribution in [3.8, 4) is 0 Å². The largest absolute Gasteiger partial charge is 0.271 e. The van der Waals surface area contributed by atoms with E-state index in [2.05, 4.69) is 43.4 Å². The number of hydrogen-bond acceptors (Lipinski definition) is 2. The molecule has 120 valence electrons. The fourth-order valence-electron chi connectivity index (χ4n) is 2.10. The van der Waals surface area contributed by atoms with Crippen molar-refractivity contribution < 1.29 is 9.18 Å².